The molecule has 1 aliphatic heterocycles. The average molecular weight is 224 g/mol. The summed E-state index contributed by atoms with van der Waals surface area (Å²) in [6.45, 7) is 0. The van der Waals surface area contributed by atoms with Gasteiger partial charge in [-0.2, -0.15) is 0 Å². The molecule has 1 heterocycles. The van der Waals surface area contributed by atoms with E-state index in [9.17, 15) is 5.11 Å². The van der Waals surface area contributed by atoms with Gasteiger partial charge in [-0.3, -0.25) is 0 Å². The van der Waals surface area contributed by atoms with E-state index in [1.165, 1.54) is 0 Å². The molecule has 0 amide bonds. The summed E-state index contributed by atoms with van der Waals surface area (Å²) in [5, 5.41) is 10.3. The second-order valence-electron chi connectivity index (χ2n) is 3.92. The molecule has 2 aromatic carbocycles. The van der Waals surface area contributed by atoms with Gasteiger partial charge >= 0.3 is 0 Å². The van der Waals surface area contributed by atoms with Crippen LogP contribution < -0.4 is 4.90 Å². The topological polar surface area (TPSA) is 35.8 Å². The van der Waals surface area contributed by atoms with E-state index in [1.807, 2.05) is 54.6 Å². The van der Waals surface area contributed by atoms with Gasteiger partial charge in [0.05, 0.1) is 12.0 Å². The first-order valence-electron chi connectivity index (χ1n) is 5.51. The van der Waals surface area contributed by atoms with Crippen molar-refractivity contribution >= 4 is 17.7 Å². The van der Waals surface area contributed by atoms with E-state index in [2.05, 4.69) is 4.99 Å². The van der Waals surface area contributed by atoms with E-state index in [0.29, 0.717) is 0 Å². The Morgan fingerprint density at radius 2 is 1.65 bits per heavy atom. The molecule has 0 bridgehead atoms. The van der Waals surface area contributed by atoms with Gasteiger partial charge in [-0.15, -0.1) is 0 Å². The monoisotopic (exact) mass is 224 g/mol. The average Bonchev–Trinajstić information content (AvgIpc) is 2.40. The van der Waals surface area contributed by atoms with Gasteiger partial charge < -0.3 is 10.0 Å². The van der Waals surface area contributed by atoms with E-state index < -0.39 is 6.23 Å². The molecule has 0 aliphatic carbocycles. The molecule has 0 spiro atoms. The maximum absolute atomic E-state index is 10.3. The Morgan fingerprint density at radius 3 is 2.47 bits per heavy atom. The van der Waals surface area contributed by atoms with Crippen LogP contribution in [0.15, 0.2) is 59.6 Å². The van der Waals surface area contributed by atoms with Gasteiger partial charge in [0.25, 0.3) is 0 Å². The van der Waals surface area contributed by atoms with E-state index in [-0.39, 0.29) is 0 Å². The van der Waals surface area contributed by atoms with Crippen molar-refractivity contribution in [3.8, 4) is 0 Å². The zero-order valence-corrected chi connectivity index (χ0v) is 9.19. The molecular formula is C14H12N2O. The number of benzene rings is 2. The molecule has 1 aliphatic rings. The summed E-state index contributed by atoms with van der Waals surface area (Å²) in [5.41, 5.74) is 2.59. The van der Waals surface area contributed by atoms with Crippen molar-refractivity contribution in [3.05, 3.63) is 60.2 Å². The molecule has 0 radical (unpaired) electrons. The maximum atomic E-state index is 10.3. The van der Waals surface area contributed by atoms with Crippen LogP contribution in [0.1, 0.15) is 11.8 Å². The van der Waals surface area contributed by atoms with Gasteiger partial charge in [0, 0.05) is 11.3 Å². The standard InChI is InChI=1S/C14H12N2O/c17-14-12-8-4-5-9-13(12)15-10-16(14)11-6-2-1-3-7-11/h1-10,14,17H. The fourth-order valence-corrected chi connectivity index (χ4v) is 1.97. The lowest BCUT2D eigenvalue weighted by atomic mass is 10.1. The summed E-state index contributed by atoms with van der Waals surface area (Å²) in [7, 11) is 0. The smallest absolute Gasteiger partial charge is 0.160 e. The van der Waals surface area contributed by atoms with Crippen LogP contribution >= 0.6 is 0 Å². The van der Waals surface area contributed by atoms with Crippen LogP contribution in [0, 0.1) is 0 Å². The van der Waals surface area contributed by atoms with E-state index >= 15 is 0 Å². The number of fused-ring (bicyclic) bond motifs is 1. The maximum Gasteiger partial charge on any atom is 0.160 e. The molecule has 1 N–H and O–H groups in total. The Labute approximate surface area is 99.7 Å². The Kier molecular flexibility index (Phi) is 2.38. The van der Waals surface area contributed by atoms with Gasteiger partial charge in [0.2, 0.25) is 0 Å². The minimum atomic E-state index is -0.675. The van der Waals surface area contributed by atoms with Crippen molar-refractivity contribution in [2.75, 3.05) is 4.90 Å². The highest BCUT2D eigenvalue weighted by Gasteiger charge is 2.22. The lowest BCUT2D eigenvalue weighted by molar-refractivity contribution is 0.188. The molecule has 1 atom stereocenters. The number of para-hydroxylation sites is 2. The number of aliphatic hydroxyl groups is 1. The van der Waals surface area contributed by atoms with Crippen LogP contribution in [0.4, 0.5) is 11.4 Å². The Balaban J connectivity index is 2.03. The van der Waals surface area contributed by atoms with Crippen molar-refractivity contribution < 1.29 is 5.11 Å². The predicted molar refractivity (Wildman–Crippen MR) is 68.5 cm³/mol. The van der Waals surface area contributed by atoms with E-state index in [1.54, 1.807) is 11.2 Å². The Hall–Kier alpha value is -2.13. The molecule has 0 saturated carbocycles. The van der Waals surface area contributed by atoms with Gasteiger partial charge in [0.15, 0.2) is 6.23 Å². The number of hydrogen-bond acceptors (Lipinski definition) is 3. The first-order valence-corrected chi connectivity index (χ1v) is 5.51. The lowest BCUT2D eigenvalue weighted by Crippen LogP contribution is -2.29. The summed E-state index contributed by atoms with van der Waals surface area (Å²) in [5.74, 6) is 0. The number of nitrogens with zero attached hydrogens (tertiary/aromatic N) is 2. The molecule has 0 fully saturated rings. The van der Waals surface area contributed by atoms with Gasteiger partial charge in [-0.1, -0.05) is 36.4 Å². The van der Waals surface area contributed by atoms with Crippen molar-refractivity contribution in [2.24, 2.45) is 4.99 Å². The van der Waals surface area contributed by atoms with Crippen LogP contribution in [0.5, 0.6) is 0 Å². The molecule has 2 aromatic rings. The summed E-state index contributed by atoms with van der Waals surface area (Å²) >= 11 is 0. The minimum absolute atomic E-state index is 0.675. The highest BCUT2D eigenvalue weighted by atomic mass is 16.3. The van der Waals surface area contributed by atoms with Crippen molar-refractivity contribution in [1.82, 2.24) is 0 Å². The van der Waals surface area contributed by atoms with E-state index in [0.717, 1.165) is 16.9 Å². The molecule has 0 aromatic heterocycles. The van der Waals surface area contributed by atoms with Crippen molar-refractivity contribution in [1.29, 1.82) is 0 Å². The molecule has 1 unspecified atom stereocenters. The second-order valence-corrected chi connectivity index (χ2v) is 3.92. The van der Waals surface area contributed by atoms with Gasteiger partial charge in [0.1, 0.15) is 0 Å². The largest absolute Gasteiger partial charge is 0.369 e. The molecule has 84 valence electrons. The van der Waals surface area contributed by atoms with Crippen LogP contribution in [0.2, 0.25) is 0 Å². The number of rotatable bonds is 1. The van der Waals surface area contributed by atoms with Crippen LogP contribution in [-0.4, -0.2) is 11.4 Å². The van der Waals surface area contributed by atoms with Crippen molar-refractivity contribution in [2.45, 2.75) is 6.23 Å². The van der Waals surface area contributed by atoms with E-state index in [4.69, 9.17) is 0 Å². The number of aliphatic hydroxyl groups excluding tert-OH is 1. The lowest BCUT2D eigenvalue weighted by Gasteiger charge is -2.29. The Morgan fingerprint density at radius 1 is 0.941 bits per heavy atom. The zero-order chi connectivity index (χ0) is 11.7. The normalized spacial score (nSPS) is 17.9. The highest BCUT2D eigenvalue weighted by molar-refractivity contribution is 5.85. The molecule has 3 nitrogen and oxygen atoms in total. The number of aliphatic imine (C=N–C) groups is 1. The number of anilines is 1. The Bertz CT molecular complexity index is 551. The third kappa shape index (κ3) is 1.70. The summed E-state index contributed by atoms with van der Waals surface area (Å²) in [4.78, 5) is 6.09. The molecule has 3 rings (SSSR count). The van der Waals surface area contributed by atoms with Crippen LogP contribution in [-0.2, 0) is 0 Å². The third-order valence-electron chi connectivity index (χ3n) is 2.85. The quantitative estimate of drug-likeness (QED) is 0.808. The summed E-state index contributed by atoms with van der Waals surface area (Å²) in [6.07, 6.45) is 0.994. The molecule has 3 heteroatoms. The molecular weight excluding hydrogens is 212 g/mol. The van der Waals surface area contributed by atoms with Crippen molar-refractivity contribution in [3.63, 3.8) is 0 Å². The SMILES string of the molecule is OC1c2ccccc2N=CN1c1ccccc1. The molecule has 17 heavy (non-hydrogen) atoms. The van der Waals surface area contributed by atoms with Gasteiger partial charge in [-0.25, -0.2) is 4.99 Å². The summed E-state index contributed by atoms with van der Waals surface area (Å²) < 4.78 is 0. The number of hydrogen-bond donors (Lipinski definition) is 1. The predicted octanol–water partition coefficient (Wildman–Crippen LogP) is 2.86. The second kappa shape index (κ2) is 4.03. The summed E-state index contributed by atoms with van der Waals surface area (Å²) in [6, 6.07) is 17.3. The highest BCUT2D eigenvalue weighted by Crippen LogP contribution is 2.33. The first kappa shape index (κ1) is 10.1. The molecule has 0 saturated heterocycles. The van der Waals surface area contributed by atoms with Crippen LogP contribution in [0.25, 0.3) is 0 Å². The fraction of sp³-hybridized carbons (Fsp3) is 0.0714. The zero-order valence-electron chi connectivity index (χ0n) is 9.19. The first-order chi connectivity index (χ1) is 8.36. The van der Waals surface area contributed by atoms with Gasteiger partial charge in [-0.05, 0) is 18.2 Å². The minimum Gasteiger partial charge on any atom is -0.369 e. The third-order valence-corrected chi connectivity index (χ3v) is 2.85. The fourth-order valence-electron chi connectivity index (χ4n) is 1.97. The van der Waals surface area contributed by atoms with Crippen LogP contribution in [0.3, 0.4) is 0 Å².